The normalized spacial score (nSPS) is 12.3. The van der Waals surface area contributed by atoms with E-state index in [-0.39, 0.29) is 5.92 Å². The third-order valence-corrected chi connectivity index (χ3v) is 3.71. The van der Waals surface area contributed by atoms with Gasteiger partial charge in [0.1, 0.15) is 6.04 Å². The first-order valence-electron chi connectivity index (χ1n) is 8.27. The van der Waals surface area contributed by atoms with Crippen LogP contribution in [0.1, 0.15) is 25.0 Å². The number of nitrogens with zero attached hydrogens (tertiary/aromatic N) is 2. The molecule has 0 saturated heterocycles. The lowest BCUT2D eigenvalue weighted by molar-refractivity contribution is -0.165. The fourth-order valence-electron chi connectivity index (χ4n) is 2.05. The molecule has 1 heterocycles. The molecule has 0 saturated carbocycles. The van der Waals surface area contributed by atoms with E-state index >= 15 is 0 Å². The van der Waals surface area contributed by atoms with Crippen molar-refractivity contribution in [3.05, 3.63) is 60.2 Å². The van der Waals surface area contributed by atoms with Crippen molar-refractivity contribution in [3.63, 3.8) is 0 Å². The van der Waals surface area contributed by atoms with Crippen LogP contribution in [0.5, 0.6) is 0 Å². The van der Waals surface area contributed by atoms with Crippen LogP contribution >= 0.6 is 0 Å². The van der Waals surface area contributed by atoms with Crippen molar-refractivity contribution in [1.82, 2.24) is 9.55 Å². The molecule has 1 aromatic heterocycles. The van der Waals surface area contributed by atoms with Gasteiger partial charge >= 0.3 is 11.9 Å². The summed E-state index contributed by atoms with van der Waals surface area (Å²) in [6.07, 6.45) is 8.29. The fraction of sp³-hybridized carbons (Fsp3) is 0.316. The van der Waals surface area contributed by atoms with Crippen molar-refractivity contribution in [2.45, 2.75) is 26.4 Å². The highest BCUT2D eigenvalue weighted by Gasteiger charge is 2.18. The van der Waals surface area contributed by atoms with Gasteiger partial charge in [0.05, 0.1) is 6.33 Å². The van der Waals surface area contributed by atoms with Crippen LogP contribution in [-0.4, -0.2) is 34.3 Å². The predicted molar refractivity (Wildman–Crippen MR) is 96.7 cm³/mol. The Hall–Kier alpha value is -2.93. The number of carbonyl (C=O) groups is 2. The van der Waals surface area contributed by atoms with Gasteiger partial charge in [-0.15, -0.1) is 0 Å². The molecule has 138 valence electrons. The monoisotopic (exact) mass is 357 g/mol. The van der Waals surface area contributed by atoms with Crippen molar-refractivity contribution in [2.24, 2.45) is 11.7 Å². The number of imidazole rings is 1. The number of carbonyl (C=O) groups excluding carboxylic acids is 2. The van der Waals surface area contributed by atoms with Gasteiger partial charge in [0.25, 0.3) is 0 Å². The first-order chi connectivity index (χ1) is 12.5. The van der Waals surface area contributed by atoms with Crippen molar-refractivity contribution < 1.29 is 19.1 Å². The van der Waals surface area contributed by atoms with Crippen LogP contribution in [0.4, 0.5) is 0 Å². The summed E-state index contributed by atoms with van der Waals surface area (Å²) in [7, 11) is 0. The molecule has 1 atom stereocenters. The number of nitrogens with two attached hydrogens (primary N) is 1. The number of hydrogen-bond donors (Lipinski definition) is 1. The number of ether oxygens (including phenoxy) is 2. The standard InChI is InChI=1S/C19H23N3O4/c1-14(2)18(20)19(24)26-13-25-17(23)8-7-15-3-5-16(6-4-15)11-22-10-9-21-12-22/h3-10,12,14,18H,11,13,20H2,1-2H3/b8-7+. The van der Waals surface area contributed by atoms with Gasteiger partial charge in [-0.05, 0) is 23.1 Å². The Morgan fingerprint density at radius 2 is 1.96 bits per heavy atom. The van der Waals surface area contributed by atoms with Crippen LogP contribution in [0, 0.1) is 5.92 Å². The van der Waals surface area contributed by atoms with Crippen LogP contribution in [0.25, 0.3) is 6.08 Å². The minimum atomic E-state index is -0.731. The van der Waals surface area contributed by atoms with E-state index in [0.717, 1.165) is 17.7 Å². The zero-order chi connectivity index (χ0) is 18.9. The number of aromatic nitrogens is 2. The predicted octanol–water partition coefficient (Wildman–Crippen LogP) is 1.97. The summed E-state index contributed by atoms with van der Waals surface area (Å²) < 4.78 is 11.6. The molecule has 2 N–H and O–H groups in total. The van der Waals surface area contributed by atoms with E-state index in [1.165, 1.54) is 6.08 Å². The molecule has 0 spiro atoms. The molecule has 0 bridgehead atoms. The smallest absolute Gasteiger partial charge is 0.333 e. The Bertz CT molecular complexity index is 737. The highest BCUT2D eigenvalue weighted by atomic mass is 16.7. The Morgan fingerprint density at radius 1 is 1.23 bits per heavy atom. The molecular formula is C19H23N3O4. The lowest BCUT2D eigenvalue weighted by Crippen LogP contribution is -2.37. The summed E-state index contributed by atoms with van der Waals surface area (Å²) in [6.45, 7) is 3.89. The summed E-state index contributed by atoms with van der Waals surface area (Å²) in [6, 6.07) is 7.01. The average Bonchev–Trinajstić information content (AvgIpc) is 3.13. The van der Waals surface area contributed by atoms with Gasteiger partial charge < -0.3 is 19.8 Å². The van der Waals surface area contributed by atoms with E-state index in [0.29, 0.717) is 0 Å². The van der Waals surface area contributed by atoms with Crippen molar-refractivity contribution >= 4 is 18.0 Å². The molecule has 1 unspecified atom stereocenters. The van der Waals surface area contributed by atoms with Crippen LogP contribution in [0.2, 0.25) is 0 Å². The van der Waals surface area contributed by atoms with Crippen molar-refractivity contribution in [1.29, 1.82) is 0 Å². The van der Waals surface area contributed by atoms with Gasteiger partial charge in [-0.2, -0.15) is 0 Å². The quantitative estimate of drug-likeness (QED) is 0.441. The molecular weight excluding hydrogens is 334 g/mol. The molecule has 2 rings (SSSR count). The zero-order valence-corrected chi connectivity index (χ0v) is 14.9. The maximum atomic E-state index is 11.6. The summed E-state index contributed by atoms with van der Waals surface area (Å²) in [5.74, 6) is -1.24. The number of esters is 2. The van der Waals surface area contributed by atoms with Gasteiger partial charge in [0, 0.05) is 25.0 Å². The first kappa shape index (κ1) is 19.4. The SMILES string of the molecule is CC(C)C(N)C(=O)OCOC(=O)/C=C/c1ccc(Cn2ccnc2)cc1. The lowest BCUT2D eigenvalue weighted by Gasteiger charge is -2.13. The Kier molecular flexibility index (Phi) is 7.11. The van der Waals surface area contributed by atoms with Crippen molar-refractivity contribution in [2.75, 3.05) is 6.79 Å². The van der Waals surface area contributed by atoms with E-state index in [2.05, 4.69) is 4.98 Å². The molecule has 1 aromatic carbocycles. The summed E-state index contributed by atoms with van der Waals surface area (Å²) in [5, 5.41) is 0. The van der Waals surface area contributed by atoms with Crippen LogP contribution in [-0.2, 0) is 25.6 Å². The van der Waals surface area contributed by atoms with Crippen molar-refractivity contribution in [3.8, 4) is 0 Å². The highest BCUT2D eigenvalue weighted by Crippen LogP contribution is 2.08. The molecule has 0 aliphatic heterocycles. The Labute approximate surface area is 152 Å². The zero-order valence-electron chi connectivity index (χ0n) is 14.9. The van der Waals surface area contributed by atoms with Crippen LogP contribution < -0.4 is 5.73 Å². The first-order valence-corrected chi connectivity index (χ1v) is 8.27. The molecule has 2 aromatic rings. The average molecular weight is 357 g/mol. The van der Waals surface area contributed by atoms with E-state index in [9.17, 15) is 9.59 Å². The molecule has 0 aliphatic carbocycles. The molecule has 7 heteroatoms. The summed E-state index contributed by atoms with van der Waals surface area (Å²) >= 11 is 0. The second-order valence-corrected chi connectivity index (χ2v) is 6.12. The summed E-state index contributed by atoms with van der Waals surface area (Å²) in [5.41, 5.74) is 7.61. The highest BCUT2D eigenvalue weighted by molar-refractivity contribution is 5.87. The van der Waals surface area contributed by atoms with E-state index in [1.807, 2.05) is 35.0 Å². The maximum absolute atomic E-state index is 11.6. The Morgan fingerprint density at radius 3 is 2.58 bits per heavy atom. The van der Waals surface area contributed by atoms with Gasteiger partial charge in [0.15, 0.2) is 0 Å². The van der Waals surface area contributed by atoms with E-state index in [1.54, 1.807) is 32.4 Å². The van der Waals surface area contributed by atoms with Gasteiger partial charge in [0.2, 0.25) is 6.79 Å². The molecule has 0 fully saturated rings. The van der Waals surface area contributed by atoms with Gasteiger partial charge in [-0.25, -0.2) is 9.78 Å². The van der Waals surface area contributed by atoms with E-state index in [4.69, 9.17) is 15.2 Å². The second kappa shape index (κ2) is 9.53. The minimum Gasteiger partial charge on any atom is -0.427 e. The number of benzene rings is 1. The van der Waals surface area contributed by atoms with E-state index < -0.39 is 24.8 Å². The lowest BCUT2D eigenvalue weighted by atomic mass is 10.1. The molecule has 0 amide bonds. The Balaban J connectivity index is 1.76. The number of rotatable bonds is 8. The largest absolute Gasteiger partial charge is 0.427 e. The maximum Gasteiger partial charge on any atom is 0.333 e. The topological polar surface area (TPSA) is 96.4 Å². The molecule has 7 nitrogen and oxygen atoms in total. The van der Waals surface area contributed by atoms with Crippen LogP contribution in [0.15, 0.2) is 49.1 Å². The van der Waals surface area contributed by atoms with Crippen LogP contribution in [0.3, 0.4) is 0 Å². The minimum absolute atomic E-state index is 0.0464. The second-order valence-electron chi connectivity index (χ2n) is 6.12. The third kappa shape index (κ3) is 6.18. The van der Waals surface area contributed by atoms with Gasteiger partial charge in [-0.1, -0.05) is 38.1 Å². The summed E-state index contributed by atoms with van der Waals surface area (Å²) in [4.78, 5) is 27.2. The molecule has 0 radical (unpaired) electrons. The van der Waals surface area contributed by atoms with Gasteiger partial charge in [-0.3, -0.25) is 4.79 Å². The number of hydrogen-bond acceptors (Lipinski definition) is 6. The molecule has 26 heavy (non-hydrogen) atoms. The fourth-order valence-corrected chi connectivity index (χ4v) is 2.05. The molecule has 0 aliphatic rings. The third-order valence-electron chi connectivity index (χ3n) is 3.71.